The van der Waals surface area contributed by atoms with Gasteiger partial charge < -0.3 is 10.1 Å². The summed E-state index contributed by atoms with van der Waals surface area (Å²) in [6, 6.07) is 0.655. The molecule has 2 heterocycles. The van der Waals surface area contributed by atoms with Crippen molar-refractivity contribution in [1.82, 2.24) is 10.2 Å². The van der Waals surface area contributed by atoms with Crippen molar-refractivity contribution in [1.29, 1.82) is 0 Å². The molecule has 0 amide bonds. The van der Waals surface area contributed by atoms with E-state index in [1.807, 2.05) is 6.92 Å². The fraction of sp³-hybridized carbons (Fsp3) is 0.923. The number of nitrogens with zero attached hydrogens (tertiary/aromatic N) is 1. The van der Waals surface area contributed by atoms with E-state index < -0.39 is 0 Å². The zero-order valence-electron chi connectivity index (χ0n) is 10.9. The zero-order chi connectivity index (χ0) is 12.3. The second kappa shape index (κ2) is 5.83. The van der Waals surface area contributed by atoms with E-state index in [1.165, 1.54) is 12.8 Å². The highest BCUT2D eigenvalue weighted by Crippen LogP contribution is 2.26. The molecule has 17 heavy (non-hydrogen) atoms. The SMILES string of the molecule is CCOC(=O)C(CC)N1CCC2NCCC2C1. The van der Waals surface area contributed by atoms with Crippen LogP contribution in [0.15, 0.2) is 0 Å². The molecule has 2 fully saturated rings. The molecule has 1 N–H and O–H groups in total. The van der Waals surface area contributed by atoms with Gasteiger partial charge in [-0.2, -0.15) is 0 Å². The Bertz CT molecular complexity index is 270. The van der Waals surface area contributed by atoms with Gasteiger partial charge in [0.2, 0.25) is 0 Å². The summed E-state index contributed by atoms with van der Waals surface area (Å²) in [5.41, 5.74) is 0. The standard InChI is InChI=1S/C13H24N2O2/c1-3-12(13(16)17-4-2)15-8-6-11-10(9-15)5-7-14-11/h10-12,14H,3-9H2,1-2H3. The summed E-state index contributed by atoms with van der Waals surface area (Å²) < 4.78 is 5.16. The molecule has 4 heteroatoms. The molecule has 2 saturated heterocycles. The molecule has 0 spiro atoms. The maximum absolute atomic E-state index is 11.9. The fourth-order valence-electron chi connectivity index (χ4n) is 3.17. The quantitative estimate of drug-likeness (QED) is 0.745. The highest BCUT2D eigenvalue weighted by atomic mass is 16.5. The lowest BCUT2D eigenvalue weighted by Crippen LogP contribution is -2.51. The number of carbonyl (C=O) groups is 1. The van der Waals surface area contributed by atoms with E-state index in [-0.39, 0.29) is 12.0 Å². The van der Waals surface area contributed by atoms with Gasteiger partial charge in [-0.25, -0.2) is 0 Å². The number of rotatable bonds is 4. The third-order valence-electron chi connectivity index (χ3n) is 4.07. The lowest BCUT2D eigenvalue weighted by Gasteiger charge is -2.38. The molecule has 98 valence electrons. The number of carbonyl (C=O) groups excluding carboxylic acids is 1. The van der Waals surface area contributed by atoms with Crippen molar-refractivity contribution in [3.63, 3.8) is 0 Å². The fourth-order valence-corrected chi connectivity index (χ4v) is 3.17. The van der Waals surface area contributed by atoms with Crippen LogP contribution in [0, 0.1) is 5.92 Å². The van der Waals surface area contributed by atoms with Crippen LogP contribution in [0.25, 0.3) is 0 Å². The van der Waals surface area contributed by atoms with Gasteiger partial charge in [0.1, 0.15) is 6.04 Å². The molecule has 0 aromatic rings. The number of nitrogens with one attached hydrogen (secondary N) is 1. The first-order valence-electron chi connectivity index (χ1n) is 6.90. The summed E-state index contributed by atoms with van der Waals surface area (Å²) >= 11 is 0. The summed E-state index contributed by atoms with van der Waals surface area (Å²) in [7, 11) is 0. The van der Waals surface area contributed by atoms with Crippen LogP contribution in [-0.2, 0) is 9.53 Å². The van der Waals surface area contributed by atoms with Gasteiger partial charge in [-0.3, -0.25) is 9.69 Å². The number of piperidine rings is 1. The van der Waals surface area contributed by atoms with Crippen LogP contribution in [0.2, 0.25) is 0 Å². The van der Waals surface area contributed by atoms with E-state index in [4.69, 9.17) is 4.74 Å². The average molecular weight is 240 g/mol. The van der Waals surface area contributed by atoms with Crippen molar-refractivity contribution in [3.05, 3.63) is 0 Å². The Balaban J connectivity index is 1.93. The molecule has 3 unspecified atom stereocenters. The van der Waals surface area contributed by atoms with Gasteiger partial charge in [0.25, 0.3) is 0 Å². The summed E-state index contributed by atoms with van der Waals surface area (Å²) in [5, 5.41) is 3.55. The maximum Gasteiger partial charge on any atom is 0.323 e. The molecule has 0 aromatic carbocycles. The van der Waals surface area contributed by atoms with Crippen LogP contribution in [0.1, 0.15) is 33.1 Å². The summed E-state index contributed by atoms with van der Waals surface area (Å²) in [6.07, 6.45) is 3.27. The zero-order valence-corrected chi connectivity index (χ0v) is 10.9. The number of hydrogen-bond acceptors (Lipinski definition) is 4. The molecule has 2 aliphatic rings. The van der Waals surface area contributed by atoms with E-state index in [0.717, 1.165) is 32.0 Å². The first kappa shape index (κ1) is 12.8. The molecule has 0 radical (unpaired) electrons. The predicted octanol–water partition coefficient (Wildman–Crippen LogP) is 1.01. The molecule has 0 aliphatic carbocycles. The van der Waals surface area contributed by atoms with Crippen LogP contribution in [0.5, 0.6) is 0 Å². The van der Waals surface area contributed by atoms with Crippen LogP contribution in [0.3, 0.4) is 0 Å². The Hall–Kier alpha value is -0.610. The van der Waals surface area contributed by atoms with E-state index in [2.05, 4.69) is 17.1 Å². The molecule has 4 nitrogen and oxygen atoms in total. The van der Waals surface area contributed by atoms with E-state index >= 15 is 0 Å². The maximum atomic E-state index is 11.9. The van der Waals surface area contributed by atoms with Crippen LogP contribution in [-0.4, -0.2) is 49.2 Å². The third-order valence-corrected chi connectivity index (χ3v) is 4.07. The smallest absolute Gasteiger partial charge is 0.323 e. The van der Waals surface area contributed by atoms with E-state index in [0.29, 0.717) is 12.6 Å². The first-order chi connectivity index (χ1) is 8.26. The molecule has 3 atom stereocenters. The molecular weight excluding hydrogens is 216 g/mol. The summed E-state index contributed by atoms with van der Waals surface area (Å²) in [4.78, 5) is 14.2. The monoisotopic (exact) mass is 240 g/mol. The van der Waals surface area contributed by atoms with Gasteiger partial charge in [0.15, 0.2) is 0 Å². The van der Waals surface area contributed by atoms with Crippen molar-refractivity contribution in [2.24, 2.45) is 5.92 Å². The topological polar surface area (TPSA) is 41.6 Å². The number of ether oxygens (including phenoxy) is 1. The largest absolute Gasteiger partial charge is 0.465 e. The molecule has 2 aliphatic heterocycles. The van der Waals surface area contributed by atoms with Crippen LogP contribution in [0.4, 0.5) is 0 Å². The van der Waals surface area contributed by atoms with Gasteiger partial charge in [0.05, 0.1) is 6.61 Å². The lowest BCUT2D eigenvalue weighted by atomic mass is 9.92. The van der Waals surface area contributed by atoms with Gasteiger partial charge in [0, 0.05) is 19.1 Å². The van der Waals surface area contributed by atoms with Crippen molar-refractivity contribution < 1.29 is 9.53 Å². The minimum absolute atomic E-state index is 0.0310. The molecule has 0 bridgehead atoms. The minimum atomic E-state index is -0.0422. The summed E-state index contributed by atoms with van der Waals surface area (Å²) in [6.45, 7) is 7.63. The Morgan fingerprint density at radius 1 is 1.47 bits per heavy atom. The van der Waals surface area contributed by atoms with Crippen LogP contribution < -0.4 is 5.32 Å². The van der Waals surface area contributed by atoms with Gasteiger partial charge in [-0.15, -0.1) is 0 Å². The second-order valence-electron chi connectivity index (χ2n) is 5.07. The van der Waals surface area contributed by atoms with Gasteiger partial charge in [-0.1, -0.05) is 6.92 Å². The van der Waals surface area contributed by atoms with Crippen molar-refractivity contribution in [2.75, 3.05) is 26.2 Å². The Kier molecular flexibility index (Phi) is 4.40. The lowest BCUT2D eigenvalue weighted by molar-refractivity contribution is -0.150. The molecular formula is C13H24N2O2. The predicted molar refractivity (Wildman–Crippen MR) is 66.8 cm³/mol. The number of hydrogen-bond donors (Lipinski definition) is 1. The van der Waals surface area contributed by atoms with Crippen molar-refractivity contribution >= 4 is 5.97 Å². The van der Waals surface area contributed by atoms with E-state index in [1.54, 1.807) is 0 Å². The number of likely N-dealkylation sites (tertiary alicyclic amines) is 1. The molecule has 0 saturated carbocycles. The first-order valence-corrected chi connectivity index (χ1v) is 6.90. The molecule has 0 aromatic heterocycles. The highest BCUT2D eigenvalue weighted by Gasteiger charge is 2.36. The van der Waals surface area contributed by atoms with Gasteiger partial charge >= 0.3 is 5.97 Å². The Labute approximate surface area is 104 Å². The van der Waals surface area contributed by atoms with Gasteiger partial charge in [-0.05, 0) is 38.6 Å². The summed E-state index contributed by atoms with van der Waals surface area (Å²) in [5.74, 6) is 0.687. The van der Waals surface area contributed by atoms with Crippen LogP contribution >= 0.6 is 0 Å². The highest BCUT2D eigenvalue weighted by molar-refractivity contribution is 5.75. The Morgan fingerprint density at radius 2 is 2.29 bits per heavy atom. The minimum Gasteiger partial charge on any atom is -0.465 e. The Morgan fingerprint density at radius 3 is 3.00 bits per heavy atom. The normalized spacial score (nSPS) is 30.9. The number of fused-ring (bicyclic) bond motifs is 1. The van der Waals surface area contributed by atoms with Crippen molar-refractivity contribution in [3.8, 4) is 0 Å². The van der Waals surface area contributed by atoms with E-state index in [9.17, 15) is 4.79 Å². The average Bonchev–Trinajstić information content (AvgIpc) is 2.77. The third kappa shape index (κ3) is 2.80. The molecule has 2 rings (SSSR count). The number of esters is 1. The second-order valence-corrected chi connectivity index (χ2v) is 5.07. The van der Waals surface area contributed by atoms with Crippen molar-refractivity contribution in [2.45, 2.75) is 45.2 Å².